The van der Waals surface area contributed by atoms with Gasteiger partial charge in [0, 0.05) is 0 Å². The molecular weight excluding hydrogens is 356 g/mol. The molecule has 0 spiro atoms. The number of hydrogen-bond donors (Lipinski definition) is 5. The molecule has 2 aromatic carbocycles. The molecule has 1 fully saturated rings. The molecule has 0 unspecified atom stereocenters. The lowest BCUT2D eigenvalue weighted by atomic mass is 9.99. The lowest BCUT2D eigenvalue weighted by Crippen LogP contribution is -2.60. The third-order valence-corrected chi connectivity index (χ3v) is 4.40. The number of hydrogen-bond acceptors (Lipinski definition) is 7. The van der Waals surface area contributed by atoms with Gasteiger partial charge in [0.15, 0.2) is 0 Å². The van der Waals surface area contributed by atoms with E-state index in [2.05, 4.69) is 0 Å². The Morgan fingerprint density at radius 3 is 2.30 bits per heavy atom. The van der Waals surface area contributed by atoms with E-state index in [4.69, 9.17) is 14.6 Å². The highest BCUT2D eigenvalue weighted by atomic mass is 16.7. The van der Waals surface area contributed by atoms with E-state index in [1.165, 1.54) is 6.07 Å². The third kappa shape index (κ3) is 4.10. The summed E-state index contributed by atoms with van der Waals surface area (Å²) in [5, 5.41) is 47.8. The fourth-order valence-electron chi connectivity index (χ4n) is 2.86. The second-order valence-corrected chi connectivity index (χ2v) is 6.23. The molecule has 5 N–H and O–H groups in total. The van der Waals surface area contributed by atoms with Crippen molar-refractivity contribution >= 4 is 5.97 Å². The highest BCUT2D eigenvalue weighted by Gasteiger charge is 2.44. The highest BCUT2D eigenvalue weighted by Crippen LogP contribution is 2.27. The van der Waals surface area contributed by atoms with Crippen molar-refractivity contribution in [2.75, 3.05) is 6.61 Å². The summed E-state index contributed by atoms with van der Waals surface area (Å²) in [6.45, 7) is -0.538. The zero-order chi connectivity index (χ0) is 19.6. The molecule has 0 saturated carbocycles. The largest absolute Gasteiger partial charge is 0.478 e. The summed E-state index contributed by atoms with van der Waals surface area (Å²) in [4.78, 5) is 11.1. The van der Waals surface area contributed by atoms with Crippen LogP contribution in [-0.2, 0) is 4.74 Å². The Bertz CT molecular complexity index is 789. The second kappa shape index (κ2) is 8.03. The molecule has 5 atom stereocenters. The first-order chi connectivity index (χ1) is 12.9. The third-order valence-electron chi connectivity index (χ3n) is 4.40. The van der Waals surface area contributed by atoms with E-state index in [1.54, 1.807) is 42.5 Å². The van der Waals surface area contributed by atoms with Gasteiger partial charge in [-0.25, -0.2) is 4.79 Å². The van der Waals surface area contributed by atoms with Gasteiger partial charge in [-0.05, 0) is 35.4 Å². The maximum Gasteiger partial charge on any atom is 0.335 e. The molecule has 8 nitrogen and oxygen atoms in total. The second-order valence-electron chi connectivity index (χ2n) is 6.23. The lowest BCUT2D eigenvalue weighted by molar-refractivity contribution is -0.277. The Labute approximate surface area is 154 Å². The van der Waals surface area contributed by atoms with Crippen LogP contribution in [0, 0.1) is 0 Å². The zero-order valence-electron chi connectivity index (χ0n) is 14.2. The molecule has 2 aromatic rings. The van der Waals surface area contributed by atoms with Crippen LogP contribution in [0.2, 0.25) is 0 Å². The molecule has 0 aliphatic carbocycles. The predicted molar refractivity (Wildman–Crippen MR) is 93.2 cm³/mol. The SMILES string of the molecule is O=C(O)c1cccc(-c2ccc(O[C@H]3O[C@H](CO)[C@@H](O)[C@H](O)[C@@H]3O)cc2)c1. The summed E-state index contributed by atoms with van der Waals surface area (Å²) < 4.78 is 10.8. The Balaban J connectivity index is 1.74. The topological polar surface area (TPSA) is 137 Å². The number of aliphatic hydroxyl groups is 4. The standard InChI is InChI=1S/C19H20O8/c20-9-14-15(21)16(22)17(23)19(27-14)26-13-6-4-10(5-7-13)11-2-1-3-12(8-11)18(24)25/h1-8,14-17,19-23H,9H2,(H,24,25)/t14-,15-,16+,17+,19+/m1/s1. The van der Waals surface area contributed by atoms with Gasteiger partial charge in [-0.1, -0.05) is 24.3 Å². The predicted octanol–water partition coefficient (Wildman–Crippen LogP) is 0.230. The number of ether oxygens (including phenoxy) is 2. The van der Waals surface area contributed by atoms with Crippen molar-refractivity contribution in [2.24, 2.45) is 0 Å². The van der Waals surface area contributed by atoms with Gasteiger partial charge in [0.05, 0.1) is 12.2 Å². The molecule has 27 heavy (non-hydrogen) atoms. The summed E-state index contributed by atoms with van der Waals surface area (Å²) in [6.07, 6.45) is -6.77. The molecule has 1 aliphatic heterocycles. The van der Waals surface area contributed by atoms with Gasteiger partial charge in [-0.15, -0.1) is 0 Å². The van der Waals surface area contributed by atoms with E-state index in [1.807, 2.05) is 0 Å². The fraction of sp³-hybridized carbons (Fsp3) is 0.316. The Kier molecular flexibility index (Phi) is 5.73. The summed E-state index contributed by atoms with van der Waals surface area (Å²) >= 11 is 0. The van der Waals surface area contributed by atoms with Crippen LogP contribution in [-0.4, -0.2) is 68.8 Å². The van der Waals surface area contributed by atoms with Gasteiger partial charge in [0.25, 0.3) is 0 Å². The van der Waals surface area contributed by atoms with E-state index < -0.39 is 43.3 Å². The van der Waals surface area contributed by atoms with Gasteiger partial charge in [0.1, 0.15) is 30.2 Å². The van der Waals surface area contributed by atoms with E-state index in [9.17, 15) is 25.2 Å². The minimum absolute atomic E-state index is 0.175. The first-order valence-corrected chi connectivity index (χ1v) is 8.31. The molecule has 0 bridgehead atoms. The highest BCUT2D eigenvalue weighted by molar-refractivity contribution is 5.89. The minimum Gasteiger partial charge on any atom is -0.478 e. The van der Waals surface area contributed by atoms with Crippen molar-refractivity contribution in [3.8, 4) is 16.9 Å². The number of aliphatic hydroxyl groups excluding tert-OH is 4. The van der Waals surface area contributed by atoms with E-state index in [-0.39, 0.29) is 5.56 Å². The molecule has 1 heterocycles. The van der Waals surface area contributed by atoms with Crippen LogP contribution in [0.5, 0.6) is 5.75 Å². The van der Waals surface area contributed by atoms with Crippen LogP contribution >= 0.6 is 0 Å². The van der Waals surface area contributed by atoms with E-state index in [0.29, 0.717) is 11.3 Å². The van der Waals surface area contributed by atoms with Crippen molar-refractivity contribution < 1.29 is 39.8 Å². The van der Waals surface area contributed by atoms with Crippen LogP contribution in [0.3, 0.4) is 0 Å². The van der Waals surface area contributed by atoms with Crippen LogP contribution in [0.1, 0.15) is 10.4 Å². The van der Waals surface area contributed by atoms with Crippen molar-refractivity contribution in [1.29, 1.82) is 0 Å². The molecule has 3 rings (SSSR count). The Morgan fingerprint density at radius 1 is 0.963 bits per heavy atom. The number of rotatable bonds is 5. The van der Waals surface area contributed by atoms with Gasteiger partial charge >= 0.3 is 5.97 Å². The van der Waals surface area contributed by atoms with Crippen LogP contribution in [0.4, 0.5) is 0 Å². The Morgan fingerprint density at radius 2 is 1.67 bits per heavy atom. The van der Waals surface area contributed by atoms with Gasteiger partial charge in [-0.2, -0.15) is 0 Å². The molecule has 1 aliphatic rings. The van der Waals surface area contributed by atoms with Crippen LogP contribution < -0.4 is 4.74 Å². The molecule has 0 radical (unpaired) electrons. The summed E-state index contributed by atoms with van der Waals surface area (Å²) in [5.74, 6) is -0.683. The molecule has 1 saturated heterocycles. The molecule has 144 valence electrons. The lowest BCUT2D eigenvalue weighted by Gasteiger charge is -2.39. The maximum atomic E-state index is 11.1. The van der Waals surface area contributed by atoms with E-state index >= 15 is 0 Å². The van der Waals surface area contributed by atoms with Gasteiger partial charge < -0.3 is 35.0 Å². The summed E-state index contributed by atoms with van der Waals surface area (Å²) in [6, 6.07) is 13.1. The van der Waals surface area contributed by atoms with Crippen LogP contribution in [0.25, 0.3) is 11.1 Å². The first-order valence-electron chi connectivity index (χ1n) is 8.31. The van der Waals surface area contributed by atoms with Gasteiger partial charge in [-0.3, -0.25) is 0 Å². The van der Waals surface area contributed by atoms with Crippen molar-refractivity contribution in [3.05, 3.63) is 54.1 Å². The fourth-order valence-corrected chi connectivity index (χ4v) is 2.86. The monoisotopic (exact) mass is 376 g/mol. The quantitative estimate of drug-likeness (QED) is 0.500. The van der Waals surface area contributed by atoms with E-state index in [0.717, 1.165) is 5.56 Å². The average Bonchev–Trinajstić information content (AvgIpc) is 2.69. The number of carboxylic acid groups (broad SMARTS) is 1. The van der Waals surface area contributed by atoms with Crippen molar-refractivity contribution in [3.63, 3.8) is 0 Å². The van der Waals surface area contributed by atoms with Crippen molar-refractivity contribution in [1.82, 2.24) is 0 Å². The zero-order valence-corrected chi connectivity index (χ0v) is 14.2. The minimum atomic E-state index is -1.51. The van der Waals surface area contributed by atoms with Crippen molar-refractivity contribution in [2.45, 2.75) is 30.7 Å². The molecule has 8 heteroatoms. The summed E-state index contributed by atoms with van der Waals surface area (Å²) in [5.41, 5.74) is 1.66. The molecule has 0 aromatic heterocycles. The maximum absolute atomic E-state index is 11.1. The number of benzene rings is 2. The normalized spacial score (nSPS) is 27.9. The summed E-state index contributed by atoms with van der Waals surface area (Å²) in [7, 11) is 0. The Hall–Kier alpha value is -2.49. The molecule has 0 amide bonds. The smallest absolute Gasteiger partial charge is 0.335 e. The van der Waals surface area contributed by atoms with Gasteiger partial charge in [0.2, 0.25) is 6.29 Å². The number of aromatic carboxylic acids is 1. The average molecular weight is 376 g/mol. The first kappa shape index (κ1) is 19.3. The number of carboxylic acids is 1. The number of carbonyl (C=O) groups is 1. The van der Waals surface area contributed by atoms with Crippen LogP contribution in [0.15, 0.2) is 48.5 Å². The molecular formula is C19H20O8.